The number of nitrogens with one attached hydrogen (secondary N) is 1. The van der Waals surface area contributed by atoms with Crippen LogP contribution in [0.3, 0.4) is 0 Å². The van der Waals surface area contributed by atoms with E-state index in [0.717, 1.165) is 36.4 Å². The summed E-state index contributed by atoms with van der Waals surface area (Å²) >= 11 is 1.69. The van der Waals surface area contributed by atoms with Gasteiger partial charge in [0.15, 0.2) is 0 Å². The summed E-state index contributed by atoms with van der Waals surface area (Å²) in [6.45, 7) is 4.76. The minimum atomic E-state index is -3.33. The van der Waals surface area contributed by atoms with Crippen molar-refractivity contribution in [3.05, 3.63) is 45.9 Å². The molecule has 1 aromatic heterocycles. The summed E-state index contributed by atoms with van der Waals surface area (Å²) in [6.07, 6.45) is 4.92. The van der Waals surface area contributed by atoms with Gasteiger partial charge < -0.3 is 5.32 Å². The van der Waals surface area contributed by atoms with Crippen LogP contribution in [0.25, 0.3) is 0 Å². The fourth-order valence-corrected chi connectivity index (χ4v) is 5.13. The molecule has 0 saturated carbocycles. The topological polar surface area (TPSA) is 62.3 Å². The van der Waals surface area contributed by atoms with Crippen molar-refractivity contribution in [1.82, 2.24) is 14.6 Å². The number of hydrogen-bond donors (Lipinski definition) is 1. The number of nitrogens with zero attached hydrogens (tertiary/aromatic N) is 2. The summed E-state index contributed by atoms with van der Waals surface area (Å²) in [5, 5.41) is 4.43. The van der Waals surface area contributed by atoms with Gasteiger partial charge in [-0.2, -0.15) is 4.31 Å². The molecule has 1 fully saturated rings. The Hall–Kier alpha value is -1.28. The molecule has 24 heavy (non-hydrogen) atoms. The first-order valence-corrected chi connectivity index (χ1v) is 10.5. The maximum atomic E-state index is 12.6. The van der Waals surface area contributed by atoms with E-state index in [1.807, 2.05) is 25.3 Å². The smallest absolute Gasteiger partial charge is 0.243 e. The predicted octanol–water partition coefficient (Wildman–Crippen LogP) is 2.92. The average Bonchev–Trinajstić information content (AvgIpc) is 3.01. The Morgan fingerprint density at radius 3 is 2.46 bits per heavy atom. The van der Waals surface area contributed by atoms with Crippen LogP contribution in [0, 0.1) is 6.92 Å². The Bertz CT molecular complexity index is 763. The quantitative estimate of drug-likeness (QED) is 0.855. The standard InChI is InChI=1S/C17H23N3O2S2/c1-14-19-13-16(23-14)12-18-11-15-5-7-17(8-6-15)24(21,22)20-9-3-2-4-10-20/h5-8,13,18H,2-4,9-12H2,1H3. The highest BCUT2D eigenvalue weighted by Crippen LogP contribution is 2.21. The Morgan fingerprint density at radius 2 is 1.83 bits per heavy atom. The van der Waals surface area contributed by atoms with Crippen molar-refractivity contribution in [2.75, 3.05) is 13.1 Å². The number of rotatable bonds is 6. The summed E-state index contributed by atoms with van der Waals surface area (Å²) in [5.74, 6) is 0. The molecule has 1 aliphatic heterocycles. The molecule has 5 nitrogen and oxygen atoms in total. The molecular formula is C17H23N3O2S2. The molecule has 7 heteroatoms. The van der Waals surface area contributed by atoms with E-state index in [1.165, 1.54) is 4.88 Å². The largest absolute Gasteiger partial charge is 0.308 e. The van der Waals surface area contributed by atoms with Crippen molar-refractivity contribution in [3.8, 4) is 0 Å². The number of sulfonamides is 1. The third-order valence-corrected chi connectivity index (χ3v) is 7.00. The van der Waals surface area contributed by atoms with Crippen LogP contribution in [0.1, 0.15) is 34.7 Å². The highest BCUT2D eigenvalue weighted by atomic mass is 32.2. The van der Waals surface area contributed by atoms with Crippen LogP contribution in [-0.4, -0.2) is 30.8 Å². The van der Waals surface area contributed by atoms with E-state index in [9.17, 15) is 8.42 Å². The van der Waals surface area contributed by atoms with Gasteiger partial charge in [0, 0.05) is 37.3 Å². The zero-order valence-corrected chi connectivity index (χ0v) is 15.5. The first-order valence-electron chi connectivity index (χ1n) is 8.27. The molecular weight excluding hydrogens is 342 g/mol. The van der Waals surface area contributed by atoms with E-state index in [-0.39, 0.29) is 0 Å². The lowest BCUT2D eigenvalue weighted by atomic mass is 10.2. The Balaban J connectivity index is 1.58. The molecule has 2 aromatic rings. The van der Waals surface area contributed by atoms with Gasteiger partial charge in [-0.05, 0) is 37.5 Å². The average molecular weight is 366 g/mol. The van der Waals surface area contributed by atoms with Crippen LogP contribution in [0.2, 0.25) is 0 Å². The maximum absolute atomic E-state index is 12.6. The lowest BCUT2D eigenvalue weighted by Crippen LogP contribution is -2.35. The summed E-state index contributed by atoms with van der Waals surface area (Å²) in [7, 11) is -3.33. The summed E-state index contributed by atoms with van der Waals surface area (Å²) in [5.41, 5.74) is 1.08. The van der Waals surface area contributed by atoms with Crippen LogP contribution < -0.4 is 5.32 Å². The molecule has 1 aromatic carbocycles. The molecule has 130 valence electrons. The second-order valence-corrected chi connectivity index (χ2v) is 9.32. The third-order valence-electron chi connectivity index (χ3n) is 4.17. The van der Waals surface area contributed by atoms with Crippen molar-refractivity contribution < 1.29 is 8.42 Å². The van der Waals surface area contributed by atoms with Gasteiger partial charge >= 0.3 is 0 Å². The number of aryl methyl sites for hydroxylation is 1. The van der Waals surface area contributed by atoms with Gasteiger partial charge in [-0.1, -0.05) is 18.6 Å². The van der Waals surface area contributed by atoms with E-state index in [2.05, 4.69) is 10.3 Å². The van der Waals surface area contributed by atoms with Gasteiger partial charge in [0.1, 0.15) is 0 Å². The van der Waals surface area contributed by atoms with Crippen LogP contribution in [0.4, 0.5) is 0 Å². The highest BCUT2D eigenvalue weighted by molar-refractivity contribution is 7.89. The molecule has 0 spiro atoms. The van der Waals surface area contributed by atoms with Crippen LogP contribution in [0.5, 0.6) is 0 Å². The maximum Gasteiger partial charge on any atom is 0.243 e. The van der Waals surface area contributed by atoms with Gasteiger partial charge in [-0.3, -0.25) is 0 Å². The van der Waals surface area contributed by atoms with E-state index < -0.39 is 10.0 Å². The normalized spacial score (nSPS) is 16.4. The number of aromatic nitrogens is 1. The first-order chi connectivity index (χ1) is 11.6. The summed E-state index contributed by atoms with van der Waals surface area (Å²) in [6, 6.07) is 7.22. The van der Waals surface area contributed by atoms with Gasteiger partial charge in [-0.15, -0.1) is 11.3 Å². The third kappa shape index (κ3) is 4.22. The number of benzene rings is 1. The molecule has 2 heterocycles. The molecule has 0 amide bonds. The van der Waals surface area contributed by atoms with E-state index >= 15 is 0 Å². The zero-order valence-electron chi connectivity index (χ0n) is 13.9. The second kappa shape index (κ2) is 7.74. The van der Waals surface area contributed by atoms with Crippen molar-refractivity contribution >= 4 is 21.4 Å². The van der Waals surface area contributed by atoms with E-state index in [1.54, 1.807) is 27.8 Å². The fraction of sp³-hybridized carbons (Fsp3) is 0.471. The minimum Gasteiger partial charge on any atom is -0.308 e. The highest BCUT2D eigenvalue weighted by Gasteiger charge is 2.25. The fourth-order valence-electron chi connectivity index (χ4n) is 2.85. The number of thiazole rings is 1. The van der Waals surface area contributed by atoms with E-state index in [0.29, 0.717) is 24.5 Å². The van der Waals surface area contributed by atoms with Crippen LogP contribution in [0.15, 0.2) is 35.4 Å². The van der Waals surface area contributed by atoms with Crippen LogP contribution in [-0.2, 0) is 23.1 Å². The predicted molar refractivity (Wildman–Crippen MR) is 96.4 cm³/mol. The molecule has 0 aliphatic carbocycles. The summed E-state index contributed by atoms with van der Waals surface area (Å²) < 4.78 is 26.8. The lowest BCUT2D eigenvalue weighted by molar-refractivity contribution is 0.346. The van der Waals surface area contributed by atoms with Crippen molar-refractivity contribution in [3.63, 3.8) is 0 Å². The molecule has 0 radical (unpaired) electrons. The number of hydrogen-bond acceptors (Lipinski definition) is 5. The monoisotopic (exact) mass is 365 g/mol. The zero-order chi connectivity index (χ0) is 17.0. The number of piperidine rings is 1. The Morgan fingerprint density at radius 1 is 1.12 bits per heavy atom. The summed E-state index contributed by atoms with van der Waals surface area (Å²) in [4.78, 5) is 5.83. The van der Waals surface area contributed by atoms with Crippen LogP contribution >= 0.6 is 11.3 Å². The Kier molecular flexibility index (Phi) is 5.65. The molecule has 1 aliphatic rings. The molecule has 1 saturated heterocycles. The Labute approximate surface area is 147 Å². The molecule has 0 atom stereocenters. The lowest BCUT2D eigenvalue weighted by Gasteiger charge is -2.25. The van der Waals surface area contributed by atoms with Gasteiger partial charge in [0.25, 0.3) is 0 Å². The minimum absolute atomic E-state index is 0.395. The first kappa shape index (κ1) is 17.5. The molecule has 3 rings (SSSR count). The molecule has 0 unspecified atom stereocenters. The SMILES string of the molecule is Cc1ncc(CNCc2ccc(S(=O)(=O)N3CCCCC3)cc2)s1. The molecule has 1 N–H and O–H groups in total. The van der Waals surface area contributed by atoms with Crippen molar-refractivity contribution in [2.24, 2.45) is 0 Å². The van der Waals surface area contributed by atoms with Crippen molar-refractivity contribution in [1.29, 1.82) is 0 Å². The van der Waals surface area contributed by atoms with Gasteiger partial charge in [-0.25, -0.2) is 13.4 Å². The van der Waals surface area contributed by atoms with Crippen molar-refractivity contribution in [2.45, 2.75) is 44.2 Å². The van der Waals surface area contributed by atoms with Gasteiger partial charge in [0.2, 0.25) is 10.0 Å². The second-order valence-electron chi connectivity index (χ2n) is 6.06. The van der Waals surface area contributed by atoms with E-state index in [4.69, 9.17) is 0 Å². The molecule has 0 bridgehead atoms. The van der Waals surface area contributed by atoms with Gasteiger partial charge in [0.05, 0.1) is 9.90 Å².